The maximum Gasteiger partial charge on any atom is 0.191 e. The zero-order valence-electron chi connectivity index (χ0n) is 18.4. The second kappa shape index (κ2) is 12.5. The van der Waals surface area contributed by atoms with Crippen molar-refractivity contribution in [1.29, 1.82) is 0 Å². The lowest BCUT2D eigenvalue weighted by Gasteiger charge is -2.36. The Morgan fingerprint density at radius 3 is 2.60 bits per heavy atom. The van der Waals surface area contributed by atoms with E-state index in [1.807, 2.05) is 6.20 Å². The summed E-state index contributed by atoms with van der Waals surface area (Å²) in [7, 11) is 0. The van der Waals surface area contributed by atoms with Crippen molar-refractivity contribution in [3.8, 4) is 0 Å². The molecule has 1 aromatic carbocycles. The monoisotopic (exact) mass is 428 g/mol. The number of anilines is 1. The third kappa shape index (κ3) is 7.61. The second-order valence-electron chi connectivity index (χ2n) is 7.67. The molecule has 2 heterocycles. The molecule has 164 valence electrons. The zero-order chi connectivity index (χ0) is 21.0. The van der Waals surface area contributed by atoms with E-state index in [0.29, 0.717) is 0 Å². The van der Waals surface area contributed by atoms with E-state index in [-0.39, 0.29) is 0 Å². The van der Waals surface area contributed by atoms with Crippen LogP contribution in [-0.2, 0) is 6.42 Å². The summed E-state index contributed by atoms with van der Waals surface area (Å²) in [6.45, 7) is 12.5. The average molecular weight is 429 g/mol. The highest BCUT2D eigenvalue weighted by Crippen LogP contribution is 2.15. The quantitative estimate of drug-likeness (QED) is 0.346. The van der Waals surface area contributed by atoms with Gasteiger partial charge in [-0.2, -0.15) is 0 Å². The number of unbranched alkanes of at least 4 members (excludes halogenated alkanes) is 1. The van der Waals surface area contributed by atoms with Crippen molar-refractivity contribution in [2.75, 3.05) is 57.3 Å². The Hall–Kier alpha value is -2.12. The van der Waals surface area contributed by atoms with Crippen LogP contribution < -0.4 is 15.5 Å². The lowest BCUT2D eigenvalue weighted by Crippen LogP contribution is -2.46. The van der Waals surface area contributed by atoms with Gasteiger partial charge in [-0.3, -0.25) is 9.89 Å². The summed E-state index contributed by atoms with van der Waals surface area (Å²) in [5.41, 5.74) is 1.35. The molecule has 6 nitrogen and oxygen atoms in total. The summed E-state index contributed by atoms with van der Waals surface area (Å²) < 4.78 is 0. The lowest BCUT2D eigenvalue weighted by atomic mass is 10.2. The van der Waals surface area contributed by atoms with Gasteiger partial charge < -0.3 is 15.5 Å². The van der Waals surface area contributed by atoms with Crippen LogP contribution in [0, 0.1) is 6.92 Å². The van der Waals surface area contributed by atoms with Gasteiger partial charge in [-0.05, 0) is 45.4 Å². The number of para-hydroxylation sites is 1. The molecule has 0 spiro atoms. The molecular weight excluding hydrogens is 392 g/mol. The molecule has 0 unspecified atom stereocenters. The predicted octanol–water partition coefficient (Wildman–Crippen LogP) is 3.15. The van der Waals surface area contributed by atoms with Crippen LogP contribution >= 0.6 is 11.3 Å². The molecule has 1 saturated heterocycles. The number of benzene rings is 1. The molecular formula is C23H36N6S. The molecule has 2 aromatic rings. The Morgan fingerprint density at radius 1 is 1.10 bits per heavy atom. The van der Waals surface area contributed by atoms with Gasteiger partial charge in [-0.1, -0.05) is 18.2 Å². The summed E-state index contributed by atoms with van der Waals surface area (Å²) in [5, 5.41) is 7.95. The van der Waals surface area contributed by atoms with Crippen molar-refractivity contribution in [1.82, 2.24) is 20.5 Å². The number of thiazole rings is 1. The van der Waals surface area contributed by atoms with E-state index in [0.717, 1.165) is 64.6 Å². The molecule has 1 aromatic heterocycles. The number of rotatable bonds is 10. The minimum atomic E-state index is 0.866. The number of piperazine rings is 1. The number of guanidine groups is 1. The average Bonchev–Trinajstić information content (AvgIpc) is 3.19. The fourth-order valence-corrected chi connectivity index (χ4v) is 4.44. The highest BCUT2D eigenvalue weighted by atomic mass is 32.1. The molecule has 0 radical (unpaired) electrons. The fraction of sp³-hybridized carbons (Fsp3) is 0.565. The summed E-state index contributed by atoms with van der Waals surface area (Å²) in [4.78, 5) is 15.5. The number of aryl methyl sites for hydroxylation is 1. The Kier molecular flexibility index (Phi) is 9.44. The normalized spacial score (nSPS) is 15.4. The third-order valence-corrected chi connectivity index (χ3v) is 6.26. The first kappa shape index (κ1) is 22.6. The van der Waals surface area contributed by atoms with E-state index in [2.05, 4.69) is 69.6 Å². The minimum Gasteiger partial charge on any atom is -0.369 e. The molecule has 0 amide bonds. The third-order valence-electron chi connectivity index (χ3n) is 5.29. The van der Waals surface area contributed by atoms with Crippen molar-refractivity contribution < 1.29 is 0 Å². The first-order valence-corrected chi connectivity index (χ1v) is 12.0. The Balaban J connectivity index is 1.29. The Labute approximate surface area is 185 Å². The summed E-state index contributed by atoms with van der Waals surface area (Å²) in [6, 6.07) is 10.8. The van der Waals surface area contributed by atoms with Crippen molar-refractivity contribution in [2.24, 2.45) is 4.99 Å². The number of nitrogens with zero attached hydrogens (tertiary/aromatic N) is 4. The zero-order valence-corrected chi connectivity index (χ0v) is 19.3. The fourth-order valence-electron chi connectivity index (χ4n) is 3.65. The van der Waals surface area contributed by atoms with Gasteiger partial charge in [0, 0.05) is 69.0 Å². The molecule has 0 aliphatic carbocycles. The van der Waals surface area contributed by atoms with Crippen LogP contribution in [0.1, 0.15) is 29.7 Å². The van der Waals surface area contributed by atoms with E-state index >= 15 is 0 Å². The molecule has 0 atom stereocenters. The molecule has 30 heavy (non-hydrogen) atoms. The minimum absolute atomic E-state index is 0.866. The van der Waals surface area contributed by atoms with Crippen molar-refractivity contribution >= 4 is 23.0 Å². The van der Waals surface area contributed by atoms with E-state index in [1.54, 1.807) is 11.3 Å². The first-order chi connectivity index (χ1) is 14.7. The lowest BCUT2D eigenvalue weighted by molar-refractivity contribution is 0.253. The molecule has 3 rings (SSSR count). The van der Waals surface area contributed by atoms with Gasteiger partial charge in [-0.25, -0.2) is 4.98 Å². The predicted molar refractivity (Wildman–Crippen MR) is 129 cm³/mol. The topological polar surface area (TPSA) is 55.8 Å². The Morgan fingerprint density at radius 2 is 1.90 bits per heavy atom. The van der Waals surface area contributed by atoms with Crippen LogP contribution in [0.3, 0.4) is 0 Å². The van der Waals surface area contributed by atoms with Gasteiger partial charge in [-0.15, -0.1) is 11.3 Å². The van der Waals surface area contributed by atoms with E-state index in [1.165, 1.54) is 28.5 Å². The molecule has 0 saturated carbocycles. The summed E-state index contributed by atoms with van der Waals surface area (Å²) in [6.07, 6.45) is 5.21. The standard InChI is InChI=1S/C23H36N6S/c1-3-24-23(26-13-11-22-27-19-20(2)30-22)25-12-7-8-14-28-15-17-29(18-16-28)21-9-5-4-6-10-21/h4-6,9-10,19H,3,7-8,11-18H2,1-2H3,(H2,24,25,26). The smallest absolute Gasteiger partial charge is 0.191 e. The van der Waals surface area contributed by atoms with Crippen LogP contribution in [-0.4, -0.2) is 68.2 Å². The first-order valence-electron chi connectivity index (χ1n) is 11.2. The van der Waals surface area contributed by atoms with E-state index in [4.69, 9.17) is 4.99 Å². The van der Waals surface area contributed by atoms with Gasteiger partial charge in [0.05, 0.1) is 5.01 Å². The van der Waals surface area contributed by atoms with E-state index in [9.17, 15) is 0 Å². The maximum absolute atomic E-state index is 4.73. The van der Waals surface area contributed by atoms with Crippen LogP contribution in [0.2, 0.25) is 0 Å². The van der Waals surface area contributed by atoms with Gasteiger partial charge in [0.2, 0.25) is 0 Å². The number of aliphatic imine (C=N–C) groups is 1. The van der Waals surface area contributed by atoms with Crippen LogP contribution in [0.4, 0.5) is 5.69 Å². The van der Waals surface area contributed by atoms with Crippen LogP contribution in [0.25, 0.3) is 0 Å². The van der Waals surface area contributed by atoms with Crippen molar-refractivity contribution in [3.63, 3.8) is 0 Å². The van der Waals surface area contributed by atoms with Crippen molar-refractivity contribution in [3.05, 3.63) is 46.4 Å². The summed E-state index contributed by atoms with van der Waals surface area (Å²) >= 11 is 1.77. The second-order valence-corrected chi connectivity index (χ2v) is 8.99. The maximum atomic E-state index is 4.73. The van der Waals surface area contributed by atoms with Gasteiger partial charge >= 0.3 is 0 Å². The van der Waals surface area contributed by atoms with Crippen LogP contribution in [0.5, 0.6) is 0 Å². The number of aromatic nitrogens is 1. The highest BCUT2D eigenvalue weighted by Gasteiger charge is 2.16. The molecule has 1 aliphatic heterocycles. The van der Waals surface area contributed by atoms with Crippen LogP contribution in [0.15, 0.2) is 41.5 Å². The number of nitrogens with one attached hydrogen (secondary N) is 2. The SMILES string of the molecule is CCNC(=NCCCCN1CCN(c2ccccc2)CC1)NCCc1ncc(C)s1. The molecule has 0 bridgehead atoms. The van der Waals surface area contributed by atoms with E-state index < -0.39 is 0 Å². The molecule has 2 N–H and O–H groups in total. The highest BCUT2D eigenvalue weighted by molar-refractivity contribution is 7.11. The van der Waals surface area contributed by atoms with Gasteiger partial charge in [0.1, 0.15) is 0 Å². The number of hydrogen-bond donors (Lipinski definition) is 2. The van der Waals surface area contributed by atoms with Gasteiger partial charge in [0.25, 0.3) is 0 Å². The van der Waals surface area contributed by atoms with Gasteiger partial charge in [0.15, 0.2) is 5.96 Å². The molecule has 1 aliphatic rings. The largest absolute Gasteiger partial charge is 0.369 e. The Bertz CT molecular complexity index is 752. The van der Waals surface area contributed by atoms with Crippen molar-refractivity contribution in [2.45, 2.75) is 33.1 Å². The molecule has 1 fully saturated rings. The number of hydrogen-bond acceptors (Lipinski definition) is 5. The molecule has 7 heteroatoms. The summed E-state index contributed by atoms with van der Waals surface area (Å²) in [5.74, 6) is 0.919.